The molecule has 0 heterocycles. The van der Waals surface area contributed by atoms with E-state index >= 15 is 0 Å². The van der Waals surface area contributed by atoms with Crippen molar-refractivity contribution >= 4 is 35.4 Å². The summed E-state index contributed by atoms with van der Waals surface area (Å²) in [6, 6.07) is -1.15. The van der Waals surface area contributed by atoms with E-state index in [0.717, 1.165) is 44.9 Å². The molecule has 0 aromatic rings. The van der Waals surface area contributed by atoms with Gasteiger partial charge in [0.1, 0.15) is 12.6 Å². The lowest BCUT2D eigenvalue weighted by Crippen LogP contribution is -2.45. The van der Waals surface area contributed by atoms with Gasteiger partial charge in [-0.1, -0.05) is 89.9 Å². The highest BCUT2D eigenvalue weighted by molar-refractivity contribution is 5.85. The Morgan fingerprint density at radius 1 is 0.604 bits per heavy atom. The first-order valence-corrected chi connectivity index (χ1v) is 20.5. The highest BCUT2D eigenvalue weighted by Gasteiger charge is 2.29. The van der Waals surface area contributed by atoms with Crippen LogP contribution in [0.3, 0.4) is 0 Å². The number of carboxylic acid groups (broad SMARTS) is 2. The van der Waals surface area contributed by atoms with Crippen LogP contribution in [0.1, 0.15) is 161 Å². The average Bonchev–Trinajstić information content (AvgIpc) is 3.12. The van der Waals surface area contributed by atoms with Crippen LogP contribution in [0, 0.1) is 11.8 Å². The van der Waals surface area contributed by atoms with Gasteiger partial charge in [-0.2, -0.15) is 0 Å². The van der Waals surface area contributed by atoms with Gasteiger partial charge in [-0.3, -0.25) is 24.0 Å². The number of nitrogens with one attached hydrogen (secondary N) is 3. The molecule has 0 saturated heterocycles. The standard InChI is InChI=1S/C40H71N3O10/c1-32(44)31-53-29-28-52-27-26-41-37(46)25-24-35(40(50)51)43-39(49)34-22-20-33(21-23-34)30-42-36(45)18-16-14-12-10-8-6-4-2-3-5-7-9-11-13-15-17-19-38(47)48/h33-35H,2-31H2,1H3,(H,41,46)(H,42,45)(H,43,49)(H,47,48)(H,50,51)/t33?,34?,35-/m0/s1. The molecule has 13 heteroatoms. The number of hydrogen-bond acceptors (Lipinski definition) is 8. The van der Waals surface area contributed by atoms with Gasteiger partial charge in [0, 0.05) is 38.3 Å². The smallest absolute Gasteiger partial charge is 0.326 e. The van der Waals surface area contributed by atoms with E-state index in [2.05, 4.69) is 16.0 Å². The van der Waals surface area contributed by atoms with Crippen LogP contribution in [0.2, 0.25) is 0 Å². The molecule has 53 heavy (non-hydrogen) atoms. The zero-order chi connectivity index (χ0) is 38.9. The van der Waals surface area contributed by atoms with Gasteiger partial charge in [0.05, 0.1) is 19.8 Å². The van der Waals surface area contributed by atoms with Gasteiger partial charge in [0.15, 0.2) is 5.78 Å². The lowest BCUT2D eigenvalue weighted by molar-refractivity contribution is -0.143. The molecule has 1 aliphatic rings. The molecule has 0 unspecified atom stereocenters. The molecule has 1 atom stereocenters. The van der Waals surface area contributed by atoms with Crippen molar-refractivity contribution in [3.8, 4) is 0 Å². The fourth-order valence-electron chi connectivity index (χ4n) is 6.62. The number of rotatable bonds is 35. The van der Waals surface area contributed by atoms with Crippen LogP contribution in [0.5, 0.6) is 0 Å². The van der Waals surface area contributed by atoms with E-state index in [1.165, 1.54) is 77.6 Å². The molecule has 13 nitrogen and oxygen atoms in total. The van der Waals surface area contributed by atoms with Crippen molar-refractivity contribution in [1.29, 1.82) is 0 Å². The number of ether oxygens (including phenoxy) is 2. The summed E-state index contributed by atoms with van der Waals surface area (Å²) in [4.78, 5) is 70.4. The van der Waals surface area contributed by atoms with Gasteiger partial charge < -0.3 is 35.6 Å². The summed E-state index contributed by atoms with van der Waals surface area (Å²) in [6.07, 6.45) is 22.5. The third kappa shape index (κ3) is 29.0. The Bertz CT molecular complexity index is 1030. The Morgan fingerprint density at radius 3 is 1.60 bits per heavy atom. The molecule has 0 aromatic carbocycles. The van der Waals surface area contributed by atoms with Crippen LogP contribution in [-0.2, 0) is 38.2 Å². The molecular weight excluding hydrogens is 682 g/mol. The van der Waals surface area contributed by atoms with Crippen LogP contribution in [-0.4, -0.2) is 91.2 Å². The molecule has 0 aromatic heterocycles. The Labute approximate surface area is 317 Å². The van der Waals surface area contributed by atoms with Crippen molar-refractivity contribution in [2.75, 3.05) is 39.5 Å². The highest BCUT2D eigenvalue weighted by Crippen LogP contribution is 2.29. The van der Waals surface area contributed by atoms with E-state index < -0.39 is 18.0 Å². The number of carboxylic acids is 2. The molecule has 0 bridgehead atoms. The van der Waals surface area contributed by atoms with Crippen molar-refractivity contribution in [1.82, 2.24) is 16.0 Å². The second-order valence-electron chi connectivity index (χ2n) is 14.7. The topological polar surface area (TPSA) is 197 Å². The molecule has 0 spiro atoms. The maximum atomic E-state index is 12.8. The molecule has 3 amide bonds. The molecule has 5 N–H and O–H groups in total. The SMILES string of the molecule is CC(=O)COCCOCCNC(=O)CC[C@H](NC(=O)C1CCC(CNC(=O)CCCCCCCCCCCCCCCCCCC(=O)O)CC1)C(=O)O. The number of ketones is 1. The number of unbranched alkanes of at least 4 members (excludes halogenated alkanes) is 15. The third-order valence-electron chi connectivity index (χ3n) is 9.87. The van der Waals surface area contributed by atoms with Crippen molar-refractivity contribution in [2.45, 2.75) is 167 Å². The second kappa shape index (κ2) is 32.4. The minimum absolute atomic E-state index is 0.0165. The predicted molar refractivity (Wildman–Crippen MR) is 203 cm³/mol. The largest absolute Gasteiger partial charge is 0.481 e. The number of amides is 3. The summed E-state index contributed by atoms with van der Waals surface area (Å²) in [5.41, 5.74) is 0. The van der Waals surface area contributed by atoms with Gasteiger partial charge in [-0.05, 0) is 57.8 Å². The minimum atomic E-state index is -1.18. The van der Waals surface area contributed by atoms with E-state index in [1.807, 2.05) is 0 Å². The highest BCUT2D eigenvalue weighted by atomic mass is 16.5. The van der Waals surface area contributed by atoms with E-state index in [9.17, 15) is 33.9 Å². The zero-order valence-electron chi connectivity index (χ0n) is 32.6. The van der Waals surface area contributed by atoms with Crippen molar-refractivity contribution in [2.24, 2.45) is 11.8 Å². The molecule has 1 rings (SSSR count). The summed E-state index contributed by atoms with van der Waals surface area (Å²) in [5.74, 6) is -2.45. The van der Waals surface area contributed by atoms with E-state index in [0.29, 0.717) is 44.8 Å². The fraction of sp³-hybridized carbons (Fsp3) is 0.850. The van der Waals surface area contributed by atoms with E-state index in [4.69, 9.17) is 14.6 Å². The second-order valence-corrected chi connectivity index (χ2v) is 14.7. The maximum absolute atomic E-state index is 12.8. The van der Waals surface area contributed by atoms with Crippen LogP contribution in [0.4, 0.5) is 0 Å². The summed E-state index contributed by atoms with van der Waals surface area (Å²) in [5, 5.41) is 26.6. The van der Waals surface area contributed by atoms with Crippen molar-refractivity contribution in [3.63, 3.8) is 0 Å². The Kier molecular flexibility index (Phi) is 29.3. The van der Waals surface area contributed by atoms with Crippen LogP contribution in [0.15, 0.2) is 0 Å². The summed E-state index contributed by atoms with van der Waals surface area (Å²) >= 11 is 0. The molecule has 0 aliphatic heterocycles. The first kappa shape index (κ1) is 48.0. The number of carbonyl (C=O) groups excluding carboxylic acids is 4. The number of hydrogen-bond donors (Lipinski definition) is 5. The van der Waals surface area contributed by atoms with Gasteiger partial charge >= 0.3 is 11.9 Å². The van der Waals surface area contributed by atoms with Crippen LogP contribution in [0.25, 0.3) is 0 Å². The Hall–Kier alpha value is -3.06. The number of aliphatic carboxylic acids is 2. The normalized spacial score (nSPS) is 16.1. The average molecular weight is 754 g/mol. The molecule has 1 saturated carbocycles. The lowest BCUT2D eigenvalue weighted by Gasteiger charge is -2.28. The first-order valence-electron chi connectivity index (χ1n) is 20.5. The number of carbonyl (C=O) groups is 6. The van der Waals surface area contributed by atoms with E-state index in [1.54, 1.807) is 0 Å². The Morgan fingerprint density at radius 2 is 1.09 bits per heavy atom. The van der Waals surface area contributed by atoms with Gasteiger partial charge in [-0.15, -0.1) is 0 Å². The molecule has 1 aliphatic carbocycles. The molecular formula is C40H71N3O10. The van der Waals surface area contributed by atoms with Gasteiger partial charge in [0.25, 0.3) is 0 Å². The number of Topliss-reactive ketones (excluding diaryl/α,β-unsaturated/α-hetero) is 1. The first-order chi connectivity index (χ1) is 25.6. The summed E-state index contributed by atoms with van der Waals surface area (Å²) in [7, 11) is 0. The Balaban J connectivity index is 2.01. The van der Waals surface area contributed by atoms with E-state index in [-0.39, 0.29) is 68.6 Å². The van der Waals surface area contributed by atoms with Crippen molar-refractivity contribution in [3.05, 3.63) is 0 Å². The third-order valence-corrected chi connectivity index (χ3v) is 9.87. The minimum Gasteiger partial charge on any atom is -0.481 e. The summed E-state index contributed by atoms with van der Waals surface area (Å²) in [6.45, 7) is 3.16. The van der Waals surface area contributed by atoms with Gasteiger partial charge in [0.2, 0.25) is 17.7 Å². The van der Waals surface area contributed by atoms with Crippen LogP contribution < -0.4 is 16.0 Å². The fourth-order valence-corrected chi connectivity index (χ4v) is 6.62. The lowest BCUT2D eigenvalue weighted by atomic mass is 9.81. The van der Waals surface area contributed by atoms with Crippen LogP contribution >= 0.6 is 0 Å². The molecule has 0 radical (unpaired) electrons. The molecule has 306 valence electrons. The summed E-state index contributed by atoms with van der Waals surface area (Å²) < 4.78 is 10.4. The predicted octanol–water partition coefficient (Wildman–Crippen LogP) is 6.10. The maximum Gasteiger partial charge on any atom is 0.326 e. The van der Waals surface area contributed by atoms with Gasteiger partial charge in [-0.25, -0.2) is 4.79 Å². The molecule has 1 fully saturated rings. The monoisotopic (exact) mass is 754 g/mol. The zero-order valence-corrected chi connectivity index (χ0v) is 32.6. The quantitative estimate of drug-likeness (QED) is 0.0472. The van der Waals surface area contributed by atoms with Crippen molar-refractivity contribution < 1.29 is 48.5 Å².